The zero-order valence-electron chi connectivity index (χ0n) is 8.16. The highest BCUT2D eigenvalue weighted by molar-refractivity contribution is 6.07. The highest BCUT2D eigenvalue weighted by atomic mass is 19.1. The third-order valence-electron chi connectivity index (χ3n) is 2.17. The van der Waals surface area contributed by atoms with Gasteiger partial charge in [0.2, 0.25) is 5.78 Å². The van der Waals surface area contributed by atoms with E-state index >= 15 is 0 Å². The van der Waals surface area contributed by atoms with Gasteiger partial charge in [-0.05, 0) is 42.8 Å². The molecule has 0 aliphatic heterocycles. The molecule has 0 fully saturated rings. The number of aryl methyl sites for hydroxylation is 1. The summed E-state index contributed by atoms with van der Waals surface area (Å²) in [7, 11) is 0. The lowest BCUT2D eigenvalue weighted by Crippen LogP contribution is -2.00. The van der Waals surface area contributed by atoms with E-state index in [1.165, 1.54) is 24.5 Å². The molecule has 0 spiro atoms. The highest BCUT2D eigenvalue weighted by Gasteiger charge is 2.12. The molecule has 2 nitrogen and oxygen atoms in total. The van der Waals surface area contributed by atoms with Crippen molar-refractivity contribution in [3.63, 3.8) is 0 Å². The van der Waals surface area contributed by atoms with Crippen LogP contribution in [0.5, 0.6) is 0 Å². The van der Waals surface area contributed by atoms with Crippen molar-refractivity contribution in [3.8, 4) is 0 Å². The van der Waals surface area contributed by atoms with Crippen molar-refractivity contribution >= 4 is 5.78 Å². The average molecular weight is 204 g/mol. The van der Waals surface area contributed by atoms with Crippen LogP contribution in [0.15, 0.2) is 41.0 Å². The van der Waals surface area contributed by atoms with Crippen molar-refractivity contribution in [2.45, 2.75) is 6.92 Å². The van der Waals surface area contributed by atoms with Crippen LogP contribution in [0.25, 0.3) is 0 Å². The van der Waals surface area contributed by atoms with Gasteiger partial charge in [0.05, 0.1) is 6.26 Å². The van der Waals surface area contributed by atoms with Crippen LogP contribution in [0.2, 0.25) is 0 Å². The van der Waals surface area contributed by atoms with Gasteiger partial charge in [-0.25, -0.2) is 4.39 Å². The number of carbonyl (C=O) groups excluding carboxylic acids is 1. The Hall–Kier alpha value is -1.90. The van der Waals surface area contributed by atoms with Gasteiger partial charge in [-0.2, -0.15) is 0 Å². The first-order chi connectivity index (χ1) is 7.18. The average Bonchev–Trinajstić information content (AvgIpc) is 2.74. The van der Waals surface area contributed by atoms with Gasteiger partial charge in [-0.1, -0.05) is 0 Å². The molecule has 1 heterocycles. The standard InChI is InChI=1S/C12H9FO2/c1-8-7-9(4-5-10(8)13)12(14)11-3-2-6-15-11/h2-7H,1H3. The van der Waals surface area contributed by atoms with Gasteiger partial charge in [0.1, 0.15) is 5.82 Å². The minimum atomic E-state index is -0.314. The van der Waals surface area contributed by atoms with Crippen molar-refractivity contribution in [2.24, 2.45) is 0 Å². The molecule has 0 unspecified atom stereocenters. The summed E-state index contributed by atoms with van der Waals surface area (Å²) < 4.78 is 17.9. The van der Waals surface area contributed by atoms with Crippen LogP contribution in [0, 0.1) is 12.7 Å². The molecular weight excluding hydrogens is 195 g/mol. The first-order valence-corrected chi connectivity index (χ1v) is 4.53. The molecule has 0 saturated heterocycles. The van der Waals surface area contributed by atoms with Gasteiger partial charge in [-0.15, -0.1) is 0 Å². The second kappa shape index (κ2) is 3.69. The van der Waals surface area contributed by atoms with E-state index < -0.39 is 0 Å². The Morgan fingerprint density at radius 2 is 2.13 bits per heavy atom. The topological polar surface area (TPSA) is 30.2 Å². The molecule has 0 aliphatic rings. The molecular formula is C12H9FO2. The first-order valence-electron chi connectivity index (χ1n) is 4.53. The fraction of sp³-hybridized carbons (Fsp3) is 0.0833. The second-order valence-electron chi connectivity index (χ2n) is 3.27. The van der Waals surface area contributed by atoms with E-state index in [4.69, 9.17) is 4.42 Å². The van der Waals surface area contributed by atoms with Crippen LogP contribution in [0.1, 0.15) is 21.7 Å². The minimum absolute atomic E-state index is 0.233. The van der Waals surface area contributed by atoms with Crippen LogP contribution in [-0.4, -0.2) is 5.78 Å². The Morgan fingerprint density at radius 3 is 2.73 bits per heavy atom. The van der Waals surface area contributed by atoms with Crippen molar-refractivity contribution in [1.29, 1.82) is 0 Å². The fourth-order valence-corrected chi connectivity index (χ4v) is 1.34. The van der Waals surface area contributed by atoms with Crippen LogP contribution in [-0.2, 0) is 0 Å². The molecule has 0 atom stereocenters. The van der Waals surface area contributed by atoms with E-state index in [0.29, 0.717) is 11.1 Å². The summed E-state index contributed by atoms with van der Waals surface area (Å²) in [5, 5.41) is 0. The van der Waals surface area contributed by atoms with E-state index in [0.717, 1.165) is 0 Å². The van der Waals surface area contributed by atoms with Gasteiger partial charge < -0.3 is 4.42 Å². The number of hydrogen-bond acceptors (Lipinski definition) is 2. The maximum absolute atomic E-state index is 13.0. The largest absolute Gasteiger partial charge is 0.461 e. The Labute approximate surface area is 86.3 Å². The molecule has 0 aliphatic carbocycles. The van der Waals surface area contributed by atoms with Crippen LogP contribution in [0.3, 0.4) is 0 Å². The van der Waals surface area contributed by atoms with Gasteiger partial charge >= 0.3 is 0 Å². The third-order valence-corrected chi connectivity index (χ3v) is 2.17. The van der Waals surface area contributed by atoms with E-state index in [9.17, 15) is 9.18 Å². The zero-order valence-corrected chi connectivity index (χ0v) is 8.16. The summed E-state index contributed by atoms with van der Waals surface area (Å²) >= 11 is 0. The molecule has 0 bridgehead atoms. The van der Waals surface area contributed by atoms with Gasteiger partial charge in [-0.3, -0.25) is 4.79 Å². The maximum atomic E-state index is 13.0. The number of furan rings is 1. The summed E-state index contributed by atoms with van der Waals surface area (Å²) in [5.74, 6) is -0.282. The molecule has 0 amide bonds. The lowest BCUT2D eigenvalue weighted by atomic mass is 10.1. The normalized spacial score (nSPS) is 10.3. The first kappa shape index (κ1) is 9.65. The minimum Gasteiger partial charge on any atom is -0.461 e. The predicted octanol–water partition coefficient (Wildman–Crippen LogP) is 2.96. The number of ketones is 1. The van der Waals surface area contributed by atoms with E-state index in [-0.39, 0.29) is 17.4 Å². The molecule has 1 aromatic heterocycles. The van der Waals surface area contributed by atoms with E-state index in [2.05, 4.69) is 0 Å². The Balaban J connectivity index is 2.39. The number of carbonyl (C=O) groups is 1. The zero-order chi connectivity index (χ0) is 10.8. The molecule has 1 aromatic carbocycles. The summed E-state index contributed by atoms with van der Waals surface area (Å²) in [6, 6.07) is 7.48. The van der Waals surface area contributed by atoms with Gasteiger partial charge in [0.15, 0.2) is 5.76 Å². The molecule has 15 heavy (non-hydrogen) atoms. The Morgan fingerprint density at radius 1 is 1.33 bits per heavy atom. The molecule has 2 aromatic rings. The fourth-order valence-electron chi connectivity index (χ4n) is 1.34. The van der Waals surface area contributed by atoms with Crippen molar-refractivity contribution in [2.75, 3.05) is 0 Å². The summed E-state index contributed by atoms with van der Waals surface area (Å²) in [6.07, 6.45) is 1.43. The number of rotatable bonds is 2. The van der Waals surface area contributed by atoms with E-state index in [1.54, 1.807) is 19.1 Å². The monoisotopic (exact) mass is 204 g/mol. The van der Waals surface area contributed by atoms with Crippen LogP contribution >= 0.6 is 0 Å². The van der Waals surface area contributed by atoms with Crippen molar-refractivity contribution in [1.82, 2.24) is 0 Å². The number of benzene rings is 1. The van der Waals surface area contributed by atoms with Crippen molar-refractivity contribution < 1.29 is 13.6 Å². The van der Waals surface area contributed by atoms with E-state index in [1.807, 2.05) is 0 Å². The van der Waals surface area contributed by atoms with Crippen LogP contribution < -0.4 is 0 Å². The number of halogens is 1. The third kappa shape index (κ3) is 1.81. The van der Waals surface area contributed by atoms with Crippen LogP contribution in [0.4, 0.5) is 4.39 Å². The predicted molar refractivity (Wildman–Crippen MR) is 53.3 cm³/mol. The van der Waals surface area contributed by atoms with Gasteiger partial charge in [0, 0.05) is 5.56 Å². The SMILES string of the molecule is Cc1cc(C(=O)c2ccco2)ccc1F. The molecule has 2 rings (SSSR count). The maximum Gasteiger partial charge on any atom is 0.228 e. The molecule has 76 valence electrons. The smallest absolute Gasteiger partial charge is 0.228 e. The number of hydrogen-bond donors (Lipinski definition) is 0. The summed E-state index contributed by atoms with van der Waals surface area (Å²) in [6.45, 7) is 1.62. The lowest BCUT2D eigenvalue weighted by Gasteiger charge is -2.00. The molecule has 0 saturated carbocycles. The highest BCUT2D eigenvalue weighted by Crippen LogP contribution is 2.14. The summed E-state index contributed by atoms with van der Waals surface area (Å²) in [4.78, 5) is 11.8. The van der Waals surface area contributed by atoms with Crippen molar-refractivity contribution in [3.05, 3.63) is 59.3 Å². The Bertz CT molecular complexity index is 486. The quantitative estimate of drug-likeness (QED) is 0.704. The lowest BCUT2D eigenvalue weighted by molar-refractivity contribution is 0.101. The second-order valence-corrected chi connectivity index (χ2v) is 3.27. The summed E-state index contributed by atoms with van der Waals surface area (Å²) in [5.41, 5.74) is 0.885. The molecule has 0 radical (unpaired) electrons. The molecule has 0 N–H and O–H groups in total. The molecule has 3 heteroatoms. The Kier molecular flexibility index (Phi) is 2.37. The van der Waals surface area contributed by atoms with Gasteiger partial charge in [0.25, 0.3) is 0 Å².